The molecule has 0 atom stereocenters. The van der Waals surface area contributed by atoms with Gasteiger partial charge in [-0.05, 0) is 30.7 Å². The van der Waals surface area contributed by atoms with Crippen LogP contribution in [0.15, 0.2) is 35.3 Å². The Balaban J connectivity index is 2.38. The van der Waals surface area contributed by atoms with E-state index >= 15 is 0 Å². The van der Waals surface area contributed by atoms with E-state index in [0.717, 1.165) is 11.3 Å². The van der Waals surface area contributed by atoms with Crippen molar-refractivity contribution in [1.29, 1.82) is 0 Å². The summed E-state index contributed by atoms with van der Waals surface area (Å²) in [5, 5.41) is 10.1. The lowest BCUT2D eigenvalue weighted by molar-refractivity contribution is 0.355. The number of hydrogen-bond acceptors (Lipinski definition) is 5. The van der Waals surface area contributed by atoms with Crippen LogP contribution in [0.4, 0.5) is 5.69 Å². The number of nitrogens with zero attached hydrogens (tertiary/aromatic N) is 1. The molecule has 0 aliphatic rings. The molecule has 0 unspecified atom stereocenters. The molecule has 0 bridgehead atoms. The summed E-state index contributed by atoms with van der Waals surface area (Å²) in [7, 11) is 4.68. The van der Waals surface area contributed by atoms with E-state index in [1.165, 1.54) is 7.11 Å². The Kier molecular flexibility index (Phi) is 4.88. The number of ether oxygens (including phenoxy) is 3. The maximum Gasteiger partial charge on any atom is 0.166 e. The molecular formula is C17H19NO4. The van der Waals surface area contributed by atoms with Crippen LogP contribution in [0.25, 0.3) is 0 Å². The minimum atomic E-state index is 0.0619. The molecule has 5 heteroatoms. The van der Waals surface area contributed by atoms with Gasteiger partial charge in [0, 0.05) is 17.8 Å². The van der Waals surface area contributed by atoms with Gasteiger partial charge in [-0.3, -0.25) is 4.99 Å². The quantitative estimate of drug-likeness (QED) is 0.859. The van der Waals surface area contributed by atoms with Gasteiger partial charge in [-0.15, -0.1) is 0 Å². The van der Waals surface area contributed by atoms with Crippen molar-refractivity contribution in [1.82, 2.24) is 0 Å². The molecule has 0 spiro atoms. The summed E-state index contributed by atoms with van der Waals surface area (Å²) in [6.07, 6.45) is 1.59. The van der Waals surface area contributed by atoms with Crippen LogP contribution >= 0.6 is 0 Å². The lowest BCUT2D eigenvalue weighted by Gasteiger charge is -2.10. The van der Waals surface area contributed by atoms with Crippen LogP contribution < -0.4 is 14.2 Å². The first-order valence-electron chi connectivity index (χ1n) is 6.73. The molecule has 0 heterocycles. The first kappa shape index (κ1) is 15.7. The number of hydrogen-bond donors (Lipinski definition) is 1. The molecule has 1 N–H and O–H groups in total. The Bertz CT molecular complexity index is 695. The monoisotopic (exact) mass is 301 g/mol. The molecule has 0 aromatic heterocycles. The average Bonchev–Trinajstić information content (AvgIpc) is 2.54. The fourth-order valence-corrected chi connectivity index (χ4v) is 2.06. The van der Waals surface area contributed by atoms with Gasteiger partial charge in [0.2, 0.25) is 0 Å². The predicted molar refractivity (Wildman–Crippen MR) is 86.2 cm³/mol. The van der Waals surface area contributed by atoms with Crippen LogP contribution in [-0.4, -0.2) is 32.7 Å². The summed E-state index contributed by atoms with van der Waals surface area (Å²) in [5.74, 6) is 1.73. The third-order valence-corrected chi connectivity index (χ3v) is 3.29. The van der Waals surface area contributed by atoms with Crippen molar-refractivity contribution in [2.75, 3.05) is 21.3 Å². The molecule has 2 aromatic rings. The smallest absolute Gasteiger partial charge is 0.166 e. The molecule has 22 heavy (non-hydrogen) atoms. The zero-order valence-electron chi connectivity index (χ0n) is 13.1. The molecule has 0 saturated heterocycles. The lowest BCUT2D eigenvalue weighted by Crippen LogP contribution is -1.92. The van der Waals surface area contributed by atoms with Crippen molar-refractivity contribution in [3.63, 3.8) is 0 Å². The van der Waals surface area contributed by atoms with Crippen LogP contribution in [0.1, 0.15) is 11.1 Å². The van der Waals surface area contributed by atoms with E-state index in [-0.39, 0.29) is 5.75 Å². The number of methoxy groups -OCH3 is 3. The molecule has 0 aliphatic carbocycles. The van der Waals surface area contributed by atoms with Gasteiger partial charge in [0.15, 0.2) is 23.0 Å². The van der Waals surface area contributed by atoms with Gasteiger partial charge in [-0.2, -0.15) is 0 Å². The number of para-hydroxylation sites is 1. The minimum absolute atomic E-state index is 0.0619. The second kappa shape index (κ2) is 6.85. The van der Waals surface area contributed by atoms with Crippen LogP contribution in [0.5, 0.6) is 23.0 Å². The van der Waals surface area contributed by atoms with Crippen LogP contribution in [0.3, 0.4) is 0 Å². The van der Waals surface area contributed by atoms with E-state index in [2.05, 4.69) is 4.99 Å². The number of rotatable bonds is 5. The largest absolute Gasteiger partial charge is 0.504 e. The maximum atomic E-state index is 10.1. The Labute approximate surface area is 129 Å². The molecule has 2 aromatic carbocycles. The van der Waals surface area contributed by atoms with Crippen molar-refractivity contribution in [3.8, 4) is 23.0 Å². The van der Waals surface area contributed by atoms with Crippen molar-refractivity contribution < 1.29 is 19.3 Å². The highest BCUT2D eigenvalue weighted by atomic mass is 16.5. The van der Waals surface area contributed by atoms with E-state index in [4.69, 9.17) is 14.2 Å². The summed E-state index contributed by atoms with van der Waals surface area (Å²) in [6, 6.07) is 8.89. The lowest BCUT2D eigenvalue weighted by atomic mass is 10.1. The Morgan fingerprint density at radius 2 is 1.59 bits per heavy atom. The van der Waals surface area contributed by atoms with Gasteiger partial charge in [-0.1, -0.05) is 6.07 Å². The Morgan fingerprint density at radius 3 is 2.23 bits per heavy atom. The van der Waals surface area contributed by atoms with E-state index in [1.807, 2.05) is 13.0 Å². The van der Waals surface area contributed by atoms with Crippen molar-refractivity contribution in [2.45, 2.75) is 6.92 Å². The van der Waals surface area contributed by atoms with Gasteiger partial charge >= 0.3 is 0 Å². The SMILES string of the molecule is COc1cc(C)c(N=Cc2cccc(OC)c2O)cc1OC. The normalized spacial score (nSPS) is 10.7. The summed E-state index contributed by atoms with van der Waals surface area (Å²) in [6.45, 7) is 1.93. The first-order valence-corrected chi connectivity index (χ1v) is 6.73. The maximum absolute atomic E-state index is 10.1. The van der Waals surface area contributed by atoms with Crippen LogP contribution in [-0.2, 0) is 0 Å². The zero-order valence-corrected chi connectivity index (χ0v) is 13.1. The van der Waals surface area contributed by atoms with Crippen molar-refractivity contribution in [2.24, 2.45) is 4.99 Å². The van der Waals surface area contributed by atoms with E-state index < -0.39 is 0 Å². The van der Waals surface area contributed by atoms with Crippen LogP contribution in [0.2, 0.25) is 0 Å². The molecule has 0 fully saturated rings. The Hall–Kier alpha value is -2.69. The van der Waals surface area contributed by atoms with Crippen molar-refractivity contribution in [3.05, 3.63) is 41.5 Å². The first-order chi connectivity index (χ1) is 10.6. The second-order valence-corrected chi connectivity index (χ2v) is 4.65. The third kappa shape index (κ3) is 3.14. The van der Waals surface area contributed by atoms with Gasteiger partial charge in [-0.25, -0.2) is 0 Å². The highest BCUT2D eigenvalue weighted by Gasteiger charge is 2.09. The van der Waals surface area contributed by atoms with Gasteiger partial charge in [0.1, 0.15) is 0 Å². The molecule has 0 amide bonds. The van der Waals surface area contributed by atoms with Gasteiger partial charge < -0.3 is 19.3 Å². The minimum Gasteiger partial charge on any atom is -0.504 e. The third-order valence-electron chi connectivity index (χ3n) is 3.29. The van der Waals surface area contributed by atoms with E-state index in [0.29, 0.717) is 22.8 Å². The standard InChI is InChI=1S/C17H19NO4/c1-11-8-15(21-3)16(22-4)9-13(11)18-10-12-6-5-7-14(20-2)17(12)19/h5-10,19H,1-4H3. The van der Waals surface area contributed by atoms with Gasteiger partial charge in [0.25, 0.3) is 0 Å². The summed E-state index contributed by atoms with van der Waals surface area (Å²) in [5.41, 5.74) is 2.25. The van der Waals surface area contributed by atoms with Crippen molar-refractivity contribution >= 4 is 11.9 Å². The van der Waals surface area contributed by atoms with Gasteiger partial charge in [0.05, 0.1) is 27.0 Å². The predicted octanol–water partition coefficient (Wildman–Crippen LogP) is 3.48. The number of benzene rings is 2. The van der Waals surface area contributed by atoms with Crippen LogP contribution in [0, 0.1) is 6.92 Å². The summed E-state index contributed by atoms with van der Waals surface area (Å²) < 4.78 is 15.6. The molecule has 116 valence electrons. The highest BCUT2D eigenvalue weighted by Crippen LogP contribution is 2.35. The topological polar surface area (TPSA) is 60.3 Å². The molecule has 0 aliphatic heterocycles. The molecule has 0 radical (unpaired) electrons. The fourth-order valence-electron chi connectivity index (χ4n) is 2.06. The fraction of sp³-hybridized carbons (Fsp3) is 0.235. The number of aryl methyl sites for hydroxylation is 1. The number of aromatic hydroxyl groups is 1. The number of phenolic OH excluding ortho intramolecular Hbond substituents is 1. The number of phenols is 1. The average molecular weight is 301 g/mol. The highest BCUT2D eigenvalue weighted by molar-refractivity contribution is 5.87. The molecule has 5 nitrogen and oxygen atoms in total. The van der Waals surface area contributed by atoms with E-state index in [1.54, 1.807) is 44.7 Å². The summed E-state index contributed by atoms with van der Waals surface area (Å²) >= 11 is 0. The zero-order chi connectivity index (χ0) is 16.1. The molecular weight excluding hydrogens is 282 g/mol. The van der Waals surface area contributed by atoms with E-state index in [9.17, 15) is 5.11 Å². The molecule has 0 saturated carbocycles. The summed E-state index contributed by atoms with van der Waals surface area (Å²) in [4.78, 5) is 4.42. The Morgan fingerprint density at radius 1 is 0.955 bits per heavy atom. The number of aliphatic imine (C=N–C) groups is 1. The molecule has 2 rings (SSSR count). The second-order valence-electron chi connectivity index (χ2n) is 4.65.